The van der Waals surface area contributed by atoms with E-state index in [2.05, 4.69) is 26.1 Å². The van der Waals surface area contributed by atoms with E-state index in [9.17, 15) is 10.0 Å². The van der Waals surface area contributed by atoms with E-state index in [0.29, 0.717) is 13.0 Å². The van der Waals surface area contributed by atoms with Gasteiger partial charge in [-0.25, -0.2) is 0 Å². The maximum Gasteiger partial charge on any atom is 0.225 e. The molecule has 1 rings (SSSR count). The number of nitrogens with one attached hydrogen (secondary N) is 1. The van der Waals surface area contributed by atoms with Gasteiger partial charge in [0.2, 0.25) is 5.91 Å². The summed E-state index contributed by atoms with van der Waals surface area (Å²) in [5.41, 5.74) is -1.04. The number of carbonyl (C=O) groups excluding carboxylic acids is 1. The Balaban J connectivity index is 2.76. The zero-order valence-electron chi connectivity index (χ0n) is 12.8. The van der Waals surface area contributed by atoms with Gasteiger partial charge in [0.05, 0.1) is 11.5 Å². The molecule has 0 aliphatic carbocycles. The molecule has 1 atom stereocenters. The van der Waals surface area contributed by atoms with Crippen LogP contribution < -0.4 is 5.32 Å². The smallest absolute Gasteiger partial charge is 0.225 e. The summed E-state index contributed by atoms with van der Waals surface area (Å²) in [4.78, 5) is 12.3. The number of amides is 1. The average Bonchev–Trinajstić information content (AvgIpc) is 2.34. The maximum atomic E-state index is 12.3. The van der Waals surface area contributed by atoms with Gasteiger partial charge in [0, 0.05) is 12.1 Å². The molecule has 1 unspecified atom stereocenters. The van der Waals surface area contributed by atoms with Gasteiger partial charge in [-0.3, -0.25) is 4.79 Å². The van der Waals surface area contributed by atoms with E-state index in [4.69, 9.17) is 0 Å². The second kappa shape index (κ2) is 4.49. The minimum absolute atomic E-state index is 0.00125. The van der Waals surface area contributed by atoms with E-state index in [1.54, 1.807) is 0 Å². The van der Waals surface area contributed by atoms with Crippen molar-refractivity contribution in [2.75, 3.05) is 6.54 Å². The summed E-state index contributed by atoms with van der Waals surface area (Å²) in [5, 5.41) is 16.3. The molecule has 1 heterocycles. The van der Waals surface area contributed by atoms with Gasteiger partial charge in [-0.15, -0.1) is 10.3 Å². The van der Waals surface area contributed by atoms with Crippen molar-refractivity contribution in [3.8, 4) is 0 Å². The van der Waals surface area contributed by atoms with Crippen molar-refractivity contribution in [3.63, 3.8) is 0 Å². The van der Waals surface area contributed by atoms with Crippen LogP contribution in [0.4, 0.5) is 0 Å². The van der Waals surface area contributed by atoms with Gasteiger partial charge in [-0.05, 0) is 39.5 Å². The predicted octanol–water partition coefficient (Wildman–Crippen LogP) is 2.37. The van der Waals surface area contributed by atoms with Crippen molar-refractivity contribution < 1.29 is 10.0 Å². The third-order valence-corrected chi connectivity index (χ3v) is 3.74. The van der Waals surface area contributed by atoms with E-state index in [-0.39, 0.29) is 17.2 Å². The van der Waals surface area contributed by atoms with E-state index >= 15 is 0 Å². The maximum absolute atomic E-state index is 12.3. The van der Waals surface area contributed by atoms with Crippen molar-refractivity contribution >= 4 is 5.91 Å². The molecule has 0 spiro atoms. The van der Waals surface area contributed by atoms with Gasteiger partial charge in [0.25, 0.3) is 0 Å². The lowest BCUT2D eigenvalue weighted by Gasteiger charge is -2.33. The zero-order valence-corrected chi connectivity index (χ0v) is 12.8. The second-order valence-corrected chi connectivity index (χ2v) is 7.80. The Hall–Kier alpha value is -0.610. The van der Waals surface area contributed by atoms with Gasteiger partial charge in [0.1, 0.15) is 0 Å². The summed E-state index contributed by atoms with van der Waals surface area (Å²) in [5.74, 6) is -0.242. The molecular formula is C14H27N2O2. The largest absolute Gasteiger partial charge is 0.355 e. The first-order valence-corrected chi connectivity index (χ1v) is 6.63. The van der Waals surface area contributed by atoms with Crippen LogP contribution in [-0.4, -0.2) is 28.6 Å². The first-order chi connectivity index (χ1) is 7.88. The molecule has 0 saturated carbocycles. The van der Waals surface area contributed by atoms with Gasteiger partial charge in [-0.1, -0.05) is 20.8 Å². The Kier molecular flexibility index (Phi) is 3.86. The summed E-state index contributed by atoms with van der Waals surface area (Å²) in [6.45, 7) is 14.4. The molecule has 0 bridgehead atoms. The summed E-state index contributed by atoms with van der Waals surface area (Å²) < 4.78 is 0. The highest BCUT2D eigenvalue weighted by atomic mass is 16.5. The predicted molar refractivity (Wildman–Crippen MR) is 71.3 cm³/mol. The Morgan fingerprint density at radius 3 is 2.11 bits per heavy atom. The Labute approximate surface area is 111 Å². The highest BCUT2D eigenvalue weighted by Gasteiger charge is 2.55. The van der Waals surface area contributed by atoms with E-state index in [1.165, 1.54) is 0 Å². The standard InChI is InChI=1S/C14H27N2O2/c1-12(2,3)9-15-11(17)10-8-13(4,5)16(18)14(10,6)7/h10H,8-9H2,1-7H3,(H,15,17). The van der Waals surface area contributed by atoms with E-state index in [1.807, 2.05) is 27.7 Å². The molecule has 1 aliphatic heterocycles. The fourth-order valence-corrected chi connectivity index (χ4v) is 2.64. The van der Waals surface area contributed by atoms with Crippen LogP contribution in [0, 0.1) is 11.3 Å². The fraction of sp³-hybridized carbons (Fsp3) is 0.929. The van der Waals surface area contributed by atoms with Crippen molar-refractivity contribution in [2.24, 2.45) is 11.3 Å². The Morgan fingerprint density at radius 1 is 1.28 bits per heavy atom. The van der Waals surface area contributed by atoms with Crippen LogP contribution in [0.25, 0.3) is 0 Å². The molecule has 105 valence electrons. The quantitative estimate of drug-likeness (QED) is 0.823. The summed E-state index contributed by atoms with van der Waals surface area (Å²) in [7, 11) is 0. The number of carbonyl (C=O) groups is 1. The Morgan fingerprint density at radius 2 is 1.78 bits per heavy atom. The molecule has 18 heavy (non-hydrogen) atoms. The normalized spacial score (nSPS) is 27.2. The van der Waals surface area contributed by atoms with E-state index < -0.39 is 11.1 Å². The third-order valence-electron chi connectivity index (χ3n) is 3.74. The van der Waals surface area contributed by atoms with Crippen LogP contribution in [-0.2, 0) is 10.0 Å². The average molecular weight is 255 g/mol. The van der Waals surface area contributed by atoms with Crippen molar-refractivity contribution in [2.45, 2.75) is 66.0 Å². The van der Waals surface area contributed by atoms with Crippen LogP contribution >= 0.6 is 0 Å². The molecule has 1 amide bonds. The monoisotopic (exact) mass is 255 g/mol. The minimum atomic E-state index is -0.633. The van der Waals surface area contributed by atoms with Crippen molar-refractivity contribution in [1.82, 2.24) is 10.4 Å². The van der Waals surface area contributed by atoms with Crippen LogP contribution in [0.5, 0.6) is 0 Å². The molecule has 0 aromatic carbocycles. The fourth-order valence-electron chi connectivity index (χ4n) is 2.64. The van der Waals surface area contributed by atoms with E-state index in [0.717, 1.165) is 5.06 Å². The lowest BCUT2D eigenvalue weighted by molar-refractivity contribution is -0.247. The molecule has 1 saturated heterocycles. The molecule has 0 aromatic heterocycles. The van der Waals surface area contributed by atoms with Crippen LogP contribution in [0.2, 0.25) is 0 Å². The molecule has 0 aromatic rings. The van der Waals surface area contributed by atoms with Gasteiger partial charge < -0.3 is 5.32 Å². The number of hydrogen-bond donors (Lipinski definition) is 1. The molecule has 1 aliphatic rings. The van der Waals surface area contributed by atoms with Crippen LogP contribution in [0.15, 0.2) is 0 Å². The number of hydrogen-bond acceptors (Lipinski definition) is 2. The molecule has 1 radical (unpaired) electrons. The first-order valence-electron chi connectivity index (χ1n) is 6.63. The lowest BCUT2D eigenvalue weighted by Crippen LogP contribution is -2.49. The molecule has 4 heteroatoms. The second-order valence-electron chi connectivity index (χ2n) is 7.80. The molecular weight excluding hydrogens is 228 g/mol. The molecule has 1 N–H and O–H groups in total. The minimum Gasteiger partial charge on any atom is -0.355 e. The van der Waals surface area contributed by atoms with Crippen molar-refractivity contribution in [1.29, 1.82) is 0 Å². The van der Waals surface area contributed by atoms with Crippen LogP contribution in [0.1, 0.15) is 54.9 Å². The SMILES string of the molecule is CC(C)(C)CNC(=O)C1CC(C)(C)N([O])C1(C)C. The topological polar surface area (TPSA) is 52.2 Å². The summed E-state index contributed by atoms with van der Waals surface area (Å²) >= 11 is 0. The number of rotatable bonds is 2. The van der Waals surface area contributed by atoms with Crippen LogP contribution in [0.3, 0.4) is 0 Å². The Bertz CT molecular complexity index is 329. The summed E-state index contributed by atoms with van der Waals surface area (Å²) in [6, 6.07) is 0. The zero-order chi connectivity index (χ0) is 14.4. The highest BCUT2D eigenvalue weighted by Crippen LogP contribution is 2.43. The lowest BCUT2D eigenvalue weighted by atomic mass is 9.86. The number of nitrogens with zero attached hydrogens (tertiary/aromatic N) is 1. The molecule has 4 nitrogen and oxygen atoms in total. The first kappa shape index (κ1) is 15.4. The third kappa shape index (κ3) is 3.04. The van der Waals surface area contributed by atoms with Gasteiger partial charge in [0.15, 0.2) is 0 Å². The number of hydroxylamine groups is 2. The van der Waals surface area contributed by atoms with Crippen molar-refractivity contribution in [3.05, 3.63) is 0 Å². The summed E-state index contributed by atoms with van der Waals surface area (Å²) in [6.07, 6.45) is 0.611. The highest BCUT2D eigenvalue weighted by molar-refractivity contribution is 5.80. The van der Waals surface area contributed by atoms with Gasteiger partial charge >= 0.3 is 0 Å². The van der Waals surface area contributed by atoms with Gasteiger partial charge in [-0.2, -0.15) is 0 Å². The molecule has 1 fully saturated rings.